The van der Waals surface area contributed by atoms with Gasteiger partial charge in [-0.05, 0) is 55.5 Å². The SMILES string of the molecule is CCOCCOc1ccc(OCC(=O)Nc2ccc(C(=O)OC)cc2)cc1. The van der Waals surface area contributed by atoms with Crippen molar-refractivity contribution in [2.45, 2.75) is 6.92 Å². The highest BCUT2D eigenvalue weighted by atomic mass is 16.5. The summed E-state index contributed by atoms with van der Waals surface area (Å²) in [6.45, 7) is 3.47. The lowest BCUT2D eigenvalue weighted by Crippen LogP contribution is -2.20. The zero-order chi connectivity index (χ0) is 19.5. The highest BCUT2D eigenvalue weighted by Crippen LogP contribution is 2.17. The van der Waals surface area contributed by atoms with Crippen molar-refractivity contribution in [3.8, 4) is 11.5 Å². The van der Waals surface area contributed by atoms with Gasteiger partial charge in [-0.15, -0.1) is 0 Å². The van der Waals surface area contributed by atoms with Crippen LogP contribution in [-0.4, -0.2) is 45.4 Å². The van der Waals surface area contributed by atoms with Crippen LogP contribution in [0.3, 0.4) is 0 Å². The molecule has 0 aliphatic carbocycles. The Morgan fingerprint density at radius 2 is 1.52 bits per heavy atom. The molecule has 1 N–H and O–H groups in total. The number of carbonyl (C=O) groups is 2. The lowest BCUT2D eigenvalue weighted by Gasteiger charge is -2.09. The molecule has 0 bridgehead atoms. The number of benzene rings is 2. The molecule has 0 heterocycles. The fourth-order valence-electron chi connectivity index (χ4n) is 2.15. The highest BCUT2D eigenvalue weighted by Gasteiger charge is 2.07. The Morgan fingerprint density at radius 3 is 2.11 bits per heavy atom. The number of amides is 1. The van der Waals surface area contributed by atoms with E-state index in [1.54, 1.807) is 48.5 Å². The van der Waals surface area contributed by atoms with E-state index in [4.69, 9.17) is 14.2 Å². The average molecular weight is 373 g/mol. The van der Waals surface area contributed by atoms with Crippen LogP contribution in [0.2, 0.25) is 0 Å². The molecule has 1 amide bonds. The average Bonchev–Trinajstić information content (AvgIpc) is 2.70. The van der Waals surface area contributed by atoms with E-state index in [9.17, 15) is 9.59 Å². The van der Waals surface area contributed by atoms with Crippen LogP contribution in [-0.2, 0) is 14.3 Å². The molecule has 2 aromatic rings. The van der Waals surface area contributed by atoms with Gasteiger partial charge in [0.25, 0.3) is 5.91 Å². The Hall–Kier alpha value is -3.06. The first-order chi connectivity index (χ1) is 13.1. The summed E-state index contributed by atoms with van der Waals surface area (Å²) in [6, 6.07) is 13.4. The van der Waals surface area contributed by atoms with E-state index in [1.165, 1.54) is 7.11 Å². The summed E-state index contributed by atoms with van der Waals surface area (Å²) < 4.78 is 20.8. The van der Waals surface area contributed by atoms with Gasteiger partial charge in [-0.1, -0.05) is 0 Å². The van der Waals surface area contributed by atoms with Gasteiger partial charge in [-0.3, -0.25) is 4.79 Å². The van der Waals surface area contributed by atoms with Crippen molar-refractivity contribution in [2.75, 3.05) is 38.9 Å². The van der Waals surface area contributed by atoms with E-state index in [0.29, 0.717) is 42.6 Å². The number of esters is 1. The van der Waals surface area contributed by atoms with Crippen molar-refractivity contribution in [3.63, 3.8) is 0 Å². The number of carbonyl (C=O) groups excluding carboxylic acids is 2. The number of methoxy groups -OCH3 is 1. The smallest absolute Gasteiger partial charge is 0.337 e. The first-order valence-electron chi connectivity index (χ1n) is 8.54. The Balaban J connectivity index is 1.75. The summed E-state index contributed by atoms with van der Waals surface area (Å²) in [5, 5.41) is 2.69. The maximum Gasteiger partial charge on any atom is 0.337 e. The molecular formula is C20H23NO6. The van der Waals surface area contributed by atoms with Gasteiger partial charge in [0, 0.05) is 12.3 Å². The Kier molecular flexibility index (Phi) is 8.12. The van der Waals surface area contributed by atoms with Crippen LogP contribution in [0.1, 0.15) is 17.3 Å². The summed E-state index contributed by atoms with van der Waals surface area (Å²) in [7, 11) is 1.31. The van der Waals surface area contributed by atoms with Crippen LogP contribution in [0.5, 0.6) is 11.5 Å². The van der Waals surface area contributed by atoms with Gasteiger partial charge in [0.05, 0.1) is 19.3 Å². The van der Waals surface area contributed by atoms with E-state index < -0.39 is 5.97 Å². The predicted octanol–water partition coefficient (Wildman–Crippen LogP) is 2.91. The molecule has 0 aromatic heterocycles. The summed E-state index contributed by atoms with van der Waals surface area (Å²) in [5.74, 6) is 0.528. The van der Waals surface area contributed by atoms with Gasteiger partial charge in [0.1, 0.15) is 18.1 Å². The minimum absolute atomic E-state index is 0.136. The molecule has 0 spiro atoms. The molecule has 0 fully saturated rings. The van der Waals surface area contributed by atoms with Crippen molar-refractivity contribution in [1.29, 1.82) is 0 Å². The van der Waals surface area contributed by atoms with Crippen molar-refractivity contribution >= 4 is 17.6 Å². The molecule has 0 atom stereocenters. The molecule has 0 radical (unpaired) electrons. The van der Waals surface area contributed by atoms with Crippen molar-refractivity contribution < 1.29 is 28.5 Å². The molecular weight excluding hydrogens is 350 g/mol. The van der Waals surface area contributed by atoms with E-state index in [1.807, 2.05) is 6.92 Å². The Morgan fingerprint density at radius 1 is 0.889 bits per heavy atom. The second-order valence-corrected chi connectivity index (χ2v) is 5.42. The lowest BCUT2D eigenvalue weighted by molar-refractivity contribution is -0.118. The quantitative estimate of drug-likeness (QED) is 0.509. The molecule has 2 aromatic carbocycles. The molecule has 0 unspecified atom stereocenters. The molecule has 144 valence electrons. The third kappa shape index (κ3) is 6.99. The summed E-state index contributed by atoms with van der Waals surface area (Å²) in [6.07, 6.45) is 0. The second-order valence-electron chi connectivity index (χ2n) is 5.42. The minimum Gasteiger partial charge on any atom is -0.491 e. The lowest BCUT2D eigenvalue weighted by atomic mass is 10.2. The summed E-state index contributed by atoms with van der Waals surface area (Å²) in [4.78, 5) is 23.3. The third-order valence-corrected chi connectivity index (χ3v) is 3.48. The first kappa shape index (κ1) is 20.3. The molecule has 0 saturated heterocycles. The van der Waals surface area contributed by atoms with Gasteiger partial charge < -0.3 is 24.3 Å². The van der Waals surface area contributed by atoms with E-state index in [2.05, 4.69) is 10.1 Å². The molecule has 2 rings (SSSR count). The van der Waals surface area contributed by atoms with Crippen molar-refractivity contribution in [2.24, 2.45) is 0 Å². The second kappa shape index (κ2) is 10.8. The molecule has 27 heavy (non-hydrogen) atoms. The predicted molar refractivity (Wildman–Crippen MR) is 100 cm³/mol. The monoisotopic (exact) mass is 373 g/mol. The van der Waals surface area contributed by atoms with Crippen LogP contribution in [0, 0.1) is 0 Å². The maximum atomic E-state index is 12.0. The van der Waals surface area contributed by atoms with Crippen molar-refractivity contribution in [3.05, 3.63) is 54.1 Å². The normalized spacial score (nSPS) is 10.1. The minimum atomic E-state index is -0.429. The number of ether oxygens (including phenoxy) is 4. The third-order valence-electron chi connectivity index (χ3n) is 3.48. The highest BCUT2D eigenvalue weighted by molar-refractivity contribution is 5.93. The van der Waals surface area contributed by atoms with Gasteiger partial charge in [0.15, 0.2) is 6.61 Å². The first-order valence-corrected chi connectivity index (χ1v) is 8.54. The van der Waals surface area contributed by atoms with E-state index in [0.717, 1.165) is 0 Å². The number of nitrogens with one attached hydrogen (secondary N) is 1. The zero-order valence-electron chi connectivity index (χ0n) is 15.4. The van der Waals surface area contributed by atoms with E-state index in [-0.39, 0.29) is 12.5 Å². The van der Waals surface area contributed by atoms with Gasteiger partial charge in [-0.25, -0.2) is 4.79 Å². The largest absolute Gasteiger partial charge is 0.491 e. The number of hydrogen-bond donors (Lipinski definition) is 1. The van der Waals surface area contributed by atoms with Crippen LogP contribution >= 0.6 is 0 Å². The van der Waals surface area contributed by atoms with Gasteiger partial charge >= 0.3 is 5.97 Å². The topological polar surface area (TPSA) is 83.1 Å². The molecule has 0 aliphatic rings. The molecule has 7 heteroatoms. The van der Waals surface area contributed by atoms with Crippen LogP contribution < -0.4 is 14.8 Å². The van der Waals surface area contributed by atoms with Crippen LogP contribution in [0.25, 0.3) is 0 Å². The Bertz CT molecular complexity index is 727. The number of rotatable bonds is 10. The van der Waals surface area contributed by atoms with Crippen LogP contribution in [0.4, 0.5) is 5.69 Å². The maximum absolute atomic E-state index is 12.0. The van der Waals surface area contributed by atoms with Crippen molar-refractivity contribution in [1.82, 2.24) is 0 Å². The fourth-order valence-corrected chi connectivity index (χ4v) is 2.15. The molecule has 7 nitrogen and oxygen atoms in total. The van der Waals surface area contributed by atoms with Gasteiger partial charge in [-0.2, -0.15) is 0 Å². The Labute approximate surface area is 158 Å². The number of anilines is 1. The number of hydrogen-bond acceptors (Lipinski definition) is 6. The fraction of sp³-hybridized carbons (Fsp3) is 0.300. The standard InChI is InChI=1S/C20H23NO6/c1-3-25-12-13-26-17-8-10-18(11-9-17)27-14-19(22)21-16-6-4-15(5-7-16)20(23)24-2/h4-11H,3,12-14H2,1-2H3,(H,21,22). The van der Waals surface area contributed by atoms with Crippen LogP contribution in [0.15, 0.2) is 48.5 Å². The zero-order valence-corrected chi connectivity index (χ0v) is 15.4. The molecule has 0 saturated carbocycles. The molecule has 0 aliphatic heterocycles. The summed E-state index contributed by atoms with van der Waals surface area (Å²) in [5.41, 5.74) is 0.976. The van der Waals surface area contributed by atoms with E-state index >= 15 is 0 Å². The summed E-state index contributed by atoms with van der Waals surface area (Å²) >= 11 is 0. The van der Waals surface area contributed by atoms with Gasteiger partial charge in [0.2, 0.25) is 0 Å².